The fraction of sp³-hybridized carbons (Fsp3) is 0.400. The monoisotopic (exact) mass is 366 g/mol. The van der Waals surface area contributed by atoms with Crippen molar-refractivity contribution in [2.75, 3.05) is 11.9 Å². The minimum atomic E-state index is -3.61. The SMILES string of the molecule is CCCNS(=O)(=O)c1cccc(C(=O)Nc2nnc(C3CC3)s2)c1. The molecule has 1 amide bonds. The Kier molecular flexibility index (Phi) is 4.93. The van der Waals surface area contributed by atoms with Gasteiger partial charge in [0, 0.05) is 18.0 Å². The third kappa shape index (κ3) is 3.97. The predicted molar refractivity (Wildman–Crippen MR) is 91.8 cm³/mol. The number of benzene rings is 1. The van der Waals surface area contributed by atoms with Crippen LogP contribution in [-0.4, -0.2) is 31.1 Å². The molecule has 2 aromatic rings. The van der Waals surface area contributed by atoms with Gasteiger partial charge in [-0.3, -0.25) is 10.1 Å². The van der Waals surface area contributed by atoms with Crippen molar-refractivity contribution >= 4 is 32.4 Å². The van der Waals surface area contributed by atoms with Crippen LogP contribution in [-0.2, 0) is 10.0 Å². The highest BCUT2D eigenvalue weighted by Crippen LogP contribution is 2.42. The summed E-state index contributed by atoms with van der Waals surface area (Å²) in [4.78, 5) is 12.4. The molecule has 3 rings (SSSR count). The zero-order valence-electron chi connectivity index (χ0n) is 13.2. The number of carbonyl (C=O) groups is 1. The van der Waals surface area contributed by atoms with E-state index in [0.717, 1.165) is 17.8 Å². The van der Waals surface area contributed by atoms with E-state index in [-0.39, 0.29) is 10.5 Å². The summed E-state index contributed by atoms with van der Waals surface area (Å²) in [7, 11) is -3.61. The highest BCUT2D eigenvalue weighted by atomic mass is 32.2. The molecular formula is C15H18N4O3S2. The maximum Gasteiger partial charge on any atom is 0.257 e. The molecule has 0 aliphatic heterocycles. The molecule has 1 heterocycles. The van der Waals surface area contributed by atoms with Crippen molar-refractivity contribution in [3.05, 3.63) is 34.8 Å². The molecule has 7 nitrogen and oxygen atoms in total. The fourth-order valence-corrected chi connectivity index (χ4v) is 4.16. The Morgan fingerprint density at radius 2 is 2.12 bits per heavy atom. The van der Waals surface area contributed by atoms with Gasteiger partial charge in [0.1, 0.15) is 5.01 Å². The zero-order valence-corrected chi connectivity index (χ0v) is 14.8. The molecule has 0 radical (unpaired) electrons. The summed E-state index contributed by atoms with van der Waals surface area (Å²) in [6.07, 6.45) is 2.93. The molecule has 9 heteroatoms. The molecule has 1 aliphatic rings. The second kappa shape index (κ2) is 6.96. The van der Waals surface area contributed by atoms with Crippen LogP contribution in [0.3, 0.4) is 0 Å². The van der Waals surface area contributed by atoms with E-state index in [1.165, 1.54) is 23.5 Å². The first-order valence-electron chi connectivity index (χ1n) is 7.74. The number of sulfonamides is 1. The molecule has 0 atom stereocenters. The van der Waals surface area contributed by atoms with E-state index in [2.05, 4.69) is 20.2 Å². The molecule has 2 N–H and O–H groups in total. The van der Waals surface area contributed by atoms with Gasteiger partial charge in [0.05, 0.1) is 4.90 Å². The summed E-state index contributed by atoms with van der Waals surface area (Å²) < 4.78 is 26.8. The minimum absolute atomic E-state index is 0.0690. The van der Waals surface area contributed by atoms with Gasteiger partial charge in [-0.05, 0) is 37.5 Å². The van der Waals surface area contributed by atoms with Crippen molar-refractivity contribution < 1.29 is 13.2 Å². The van der Waals surface area contributed by atoms with Gasteiger partial charge in [0.2, 0.25) is 15.2 Å². The molecule has 0 unspecified atom stereocenters. The van der Waals surface area contributed by atoms with Gasteiger partial charge in [-0.2, -0.15) is 0 Å². The standard InChI is InChI=1S/C15H18N4O3S2/c1-2-8-16-24(21,22)12-5-3-4-11(9-12)13(20)17-15-19-18-14(23-15)10-6-7-10/h3-5,9-10,16H,2,6-8H2,1H3,(H,17,19,20). The van der Waals surface area contributed by atoms with Crippen molar-refractivity contribution in [1.82, 2.24) is 14.9 Å². The minimum Gasteiger partial charge on any atom is -0.296 e. The van der Waals surface area contributed by atoms with Gasteiger partial charge in [0.15, 0.2) is 0 Å². The van der Waals surface area contributed by atoms with Crippen LogP contribution in [0.1, 0.15) is 47.5 Å². The number of amides is 1. The Morgan fingerprint density at radius 1 is 1.33 bits per heavy atom. The molecule has 0 saturated heterocycles. The van der Waals surface area contributed by atoms with Gasteiger partial charge in [-0.25, -0.2) is 13.1 Å². The van der Waals surface area contributed by atoms with Crippen LogP contribution < -0.4 is 10.0 Å². The summed E-state index contributed by atoms with van der Waals surface area (Å²) >= 11 is 1.36. The summed E-state index contributed by atoms with van der Waals surface area (Å²) in [6.45, 7) is 2.23. The lowest BCUT2D eigenvalue weighted by Crippen LogP contribution is -2.24. The maximum absolute atomic E-state index is 12.3. The van der Waals surface area contributed by atoms with Gasteiger partial charge < -0.3 is 0 Å². The number of hydrogen-bond donors (Lipinski definition) is 2. The molecule has 1 saturated carbocycles. The highest BCUT2D eigenvalue weighted by molar-refractivity contribution is 7.89. The number of nitrogens with one attached hydrogen (secondary N) is 2. The van der Waals surface area contributed by atoms with Crippen LogP contribution in [0.25, 0.3) is 0 Å². The first kappa shape index (κ1) is 17.0. The van der Waals surface area contributed by atoms with Crippen molar-refractivity contribution in [3.63, 3.8) is 0 Å². The van der Waals surface area contributed by atoms with E-state index in [9.17, 15) is 13.2 Å². The van der Waals surface area contributed by atoms with Crippen LogP contribution in [0.15, 0.2) is 29.2 Å². The van der Waals surface area contributed by atoms with Gasteiger partial charge in [0.25, 0.3) is 5.91 Å². The second-order valence-corrected chi connectivity index (χ2v) is 8.38. The largest absolute Gasteiger partial charge is 0.296 e. The zero-order chi connectivity index (χ0) is 17.2. The highest BCUT2D eigenvalue weighted by Gasteiger charge is 2.27. The Morgan fingerprint density at radius 3 is 2.83 bits per heavy atom. The first-order chi connectivity index (χ1) is 11.5. The third-order valence-corrected chi connectivity index (χ3v) is 6.00. The number of anilines is 1. The summed E-state index contributed by atoms with van der Waals surface area (Å²) in [5, 5.41) is 12.1. The summed E-state index contributed by atoms with van der Waals surface area (Å²) in [5.74, 6) is 0.0762. The normalized spacial score (nSPS) is 14.5. The molecular weight excluding hydrogens is 348 g/mol. The van der Waals surface area contributed by atoms with Crippen LogP contribution in [0, 0.1) is 0 Å². The summed E-state index contributed by atoms with van der Waals surface area (Å²) in [5.41, 5.74) is 0.262. The number of carbonyl (C=O) groups excluding carboxylic acids is 1. The van der Waals surface area contributed by atoms with E-state index in [1.807, 2.05) is 6.92 Å². The average molecular weight is 366 g/mol. The number of aromatic nitrogens is 2. The quantitative estimate of drug-likeness (QED) is 0.783. The lowest BCUT2D eigenvalue weighted by atomic mass is 10.2. The van der Waals surface area contributed by atoms with Crippen LogP contribution in [0.4, 0.5) is 5.13 Å². The molecule has 1 fully saturated rings. The van der Waals surface area contributed by atoms with Crippen molar-refractivity contribution in [3.8, 4) is 0 Å². The van der Waals surface area contributed by atoms with Crippen molar-refractivity contribution in [1.29, 1.82) is 0 Å². The van der Waals surface area contributed by atoms with Crippen LogP contribution >= 0.6 is 11.3 Å². The molecule has 0 spiro atoms. The Bertz CT molecular complexity index is 844. The van der Waals surface area contributed by atoms with E-state index in [4.69, 9.17) is 0 Å². The number of rotatable bonds is 7. The van der Waals surface area contributed by atoms with Crippen molar-refractivity contribution in [2.45, 2.75) is 37.0 Å². The predicted octanol–water partition coefficient (Wildman–Crippen LogP) is 2.36. The Balaban J connectivity index is 1.73. The lowest BCUT2D eigenvalue weighted by Gasteiger charge is -2.07. The Hall–Kier alpha value is -1.84. The van der Waals surface area contributed by atoms with Gasteiger partial charge >= 0.3 is 0 Å². The average Bonchev–Trinajstić information content (AvgIpc) is 3.33. The summed E-state index contributed by atoms with van der Waals surface area (Å²) in [6, 6.07) is 5.93. The van der Waals surface area contributed by atoms with Crippen molar-refractivity contribution in [2.24, 2.45) is 0 Å². The van der Waals surface area contributed by atoms with Gasteiger partial charge in [-0.1, -0.05) is 24.3 Å². The number of hydrogen-bond acceptors (Lipinski definition) is 6. The molecule has 128 valence electrons. The van der Waals surface area contributed by atoms with E-state index in [1.54, 1.807) is 12.1 Å². The van der Waals surface area contributed by atoms with E-state index in [0.29, 0.717) is 24.0 Å². The molecule has 1 aromatic heterocycles. The molecule has 0 bridgehead atoms. The van der Waals surface area contributed by atoms with E-state index >= 15 is 0 Å². The third-order valence-electron chi connectivity index (χ3n) is 3.54. The molecule has 24 heavy (non-hydrogen) atoms. The smallest absolute Gasteiger partial charge is 0.257 e. The molecule has 1 aliphatic carbocycles. The second-order valence-electron chi connectivity index (χ2n) is 5.60. The topological polar surface area (TPSA) is 101 Å². The van der Waals surface area contributed by atoms with Crippen LogP contribution in [0.5, 0.6) is 0 Å². The van der Waals surface area contributed by atoms with Crippen LogP contribution in [0.2, 0.25) is 0 Å². The molecule has 1 aromatic carbocycles. The number of nitrogens with zero attached hydrogens (tertiary/aromatic N) is 2. The van der Waals surface area contributed by atoms with Gasteiger partial charge in [-0.15, -0.1) is 10.2 Å². The fourth-order valence-electron chi connectivity index (χ4n) is 2.07. The van der Waals surface area contributed by atoms with E-state index < -0.39 is 15.9 Å². The Labute approximate surface area is 144 Å². The first-order valence-corrected chi connectivity index (χ1v) is 10.0. The lowest BCUT2D eigenvalue weighted by molar-refractivity contribution is 0.102. The maximum atomic E-state index is 12.3.